The van der Waals surface area contributed by atoms with Gasteiger partial charge in [0.05, 0.1) is 0 Å². The van der Waals surface area contributed by atoms with Gasteiger partial charge in [0.25, 0.3) is 5.56 Å². The van der Waals surface area contributed by atoms with Gasteiger partial charge in [-0.3, -0.25) is 4.79 Å². The summed E-state index contributed by atoms with van der Waals surface area (Å²) in [6.07, 6.45) is 0.828. The number of fused-ring (bicyclic) bond motifs is 1. The Morgan fingerprint density at radius 1 is 1.50 bits per heavy atom. The van der Waals surface area contributed by atoms with Crippen LogP contribution in [0.5, 0.6) is 0 Å². The van der Waals surface area contributed by atoms with E-state index >= 15 is 0 Å². The van der Waals surface area contributed by atoms with Crippen LogP contribution in [0.3, 0.4) is 0 Å². The molecule has 2 heterocycles. The van der Waals surface area contributed by atoms with Crippen LogP contribution in [0.15, 0.2) is 16.9 Å². The lowest BCUT2D eigenvalue weighted by atomic mass is 10.1. The highest BCUT2D eigenvalue weighted by molar-refractivity contribution is 6.15. The maximum absolute atomic E-state index is 11.1. The average molecular weight is 185 g/mol. The SMILES string of the molecule is O=c1ccc2c(n1Cl)CCNC2. The van der Waals surface area contributed by atoms with Gasteiger partial charge in [0, 0.05) is 43.0 Å². The zero-order valence-corrected chi connectivity index (χ0v) is 7.27. The molecule has 0 spiro atoms. The third kappa shape index (κ3) is 1.15. The molecule has 0 fully saturated rings. The van der Waals surface area contributed by atoms with Crippen molar-refractivity contribution in [2.24, 2.45) is 0 Å². The molecule has 64 valence electrons. The predicted molar refractivity (Wildman–Crippen MR) is 47.4 cm³/mol. The summed E-state index contributed by atoms with van der Waals surface area (Å²) < 4.78 is 1.22. The van der Waals surface area contributed by atoms with Crippen molar-refractivity contribution in [1.29, 1.82) is 0 Å². The quantitative estimate of drug-likeness (QED) is 0.637. The van der Waals surface area contributed by atoms with E-state index in [1.165, 1.54) is 10.2 Å². The molecule has 0 saturated carbocycles. The predicted octanol–water partition coefficient (Wildman–Crippen LogP) is 0.496. The minimum Gasteiger partial charge on any atom is -0.312 e. The Labute approximate surface area is 75.1 Å². The number of nitrogens with one attached hydrogen (secondary N) is 1. The Hall–Kier alpha value is -0.800. The van der Waals surface area contributed by atoms with E-state index in [-0.39, 0.29) is 5.56 Å². The first-order chi connectivity index (χ1) is 5.79. The second-order valence-corrected chi connectivity index (χ2v) is 3.19. The molecule has 12 heavy (non-hydrogen) atoms. The Morgan fingerprint density at radius 2 is 2.33 bits per heavy atom. The van der Waals surface area contributed by atoms with Gasteiger partial charge < -0.3 is 5.32 Å². The summed E-state index contributed by atoms with van der Waals surface area (Å²) in [4.78, 5) is 11.1. The summed E-state index contributed by atoms with van der Waals surface area (Å²) in [6, 6.07) is 3.33. The van der Waals surface area contributed by atoms with Crippen LogP contribution < -0.4 is 10.9 Å². The highest BCUT2D eigenvalue weighted by atomic mass is 35.5. The zero-order chi connectivity index (χ0) is 8.55. The maximum Gasteiger partial charge on any atom is 0.265 e. The maximum atomic E-state index is 11.1. The van der Waals surface area contributed by atoms with Crippen LogP contribution >= 0.6 is 11.8 Å². The summed E-state index contributed by atoms with van der Waals surface area (Å²) in [5.74, 6) is 0. The molecule has 4 heteroatoms. The summed E-state index contributed by atoms with van der Waals surface area (Å²) >= 11 is 5.79. The average Bonchev–Trinajstić information content (AvgIpc) is 2.12. The summed E-state index contributed by atoms with van der Waals surface area (Å²) in [5.41, 5.74) is 1.93. The van der Waals surface area contributed by atoms with Crippen LogP contribution in [-0.2, 0) is 13.0 Å². The van der Waals surface area contributed by atoms with Crippen molar-refractivity contribution in [3.05, 3.63) is 33.7 Å². The largest absolute Gasteiger partial charge is 0.312 e. The van der Waals surface area contributed by atoms with Gasteiger partial charge in [-0.05, 0) is 5.56 Å². The molecule has 3 nitrogen and oxygen atoms in total. The Morgan fingerprint density at radius 3 is 3.17 bits per heavy atom. The first-order valence-corrected chi connectivity index (χ1v) is 4.23. The normalized spacial score (nSPS) is 15.8. The van der Waals surface area contributed by atoms with Crippen molar-refractivity contribution in [2.75, 3.05) is 6.54 Å². The molecule has 1 aliphatic heterocycles. The number of rotatable bonds is 0. The molecule has 1 N–H and O–H groups in total. The minimum atomic E-state index is -0.141. The molecule has 1 aromatic rings. The van der Waals surface area contributed by atoms with E-state index in [1.54, 1.807) is 0 Å². The topological polar surface area (TPSA) is 34.0 Å². The highest BCUT2D eigenvalue weighted by Gasteiger charge is 2.11. The smallest absolute Gasteiger partial charge is 0.265 e. The number of aromatic nitrogens is 1. The monoisotopic (exact) mass is 184 g/mol. The molecule has 0 amide bonds. The lowest BCUT2D eigenvalue weighted by Crippen LogP contribution is -2.29. The van der Waals surface area contributed by atoms with Crippen molar-refractivity contribution >= 4 is 11.8 Å². The van der Waals surface area contributed by atoms with Gasteiger partial charge in [0.2, 0.25) is 0 Å². The van der Waals surface area contributed by atoms with Gasteiger partial charge >= 0.3 is 0 Å². The number of hydrogen-bond donors (Lipinski definition) is 1. The van der Waals surface area contributed by atoms with E-state index in [0.29, 0.717) is 0 Å². The molecule has 0 saturated heterocycles. The summed E-state index contributed by atoms with van der Waals surface area (Å²) in [6.45, 7) is 1.70. The molecule has 0 atom stereocenters. The third-order valence-electron chi connectivity index (χ3n) is 2.08. The van der Waals surface area contributed by atoms with Gasteiger partial charge in [0.1, 0.15) is 0 Å². The second kappa shape index (κ2) is 2.92. The van der Waals surface area contributed by atoms with Crippen LogP contribution in [0.1, 0.15) is 11.3 Å². The molecule has 2 rings (SSSR count). The van der Waals surface area contributed by atoms with E-state index in [2.05, 4.69) is 5.32 Å². The van der Waals surface area contributed by atoms with Crippen molar-refractivity contribution < 1.29 is 0 Å². The van der Waals surface area contributed by atoms with Crippen molar-refractivity contribution in [2.45, 2.75) is 13.0 Å². The van der Waals surface area contributed by atoms with E-state index in [9.17, 15) is 4.79 Å². The van der Waals surface area contributed by atoms with Gasteiger partial charge in [-0.15, -0.1) is 0 Å². The Bertz CT molecular complexity index is 359. The molecule has 1 aliphatic rings. The fraction of sp³-hybridized carbons (Fsp3) is 0.375. The standard InChI is InChI=1S/C8H9ClN2O/c9-11-7-3-4-10-5-6(7)1-2-8(11)12/h1-2,10H,3-5H2. The van der Waals surface area contributed by atoms with Crippen LogP contribution in [0.2, 0.25) is 0 Å². The number of pyridine rings is 1. The van der Waals surface area contributed by atoms with E-state index in [4.69, 9.17) is 11.8 Å². The Balaban J connectivity index is 2.61. The molecule has 0 bridgehead atoms. The van der Waals surface area contributed by atoms with Crippen molar-refractivity contribution in [3.8, 4) is 0 Å². The molecule has 0 aliphatic carbocycles. The molecular weight excluding hydrogens is 176 g/mol. The first kappa shape index (κ1) is 7.83. The van der Waals surface area contributed by atoms with E-state index in [1.807, 2.05) is 6.07 Å². The van der Waals surface area contributed by atoms with Gasteiger partial charge in [-0.25, -0.2) is 4.09 Å². The number of halogens is 1. The van der Waals surface area contributed by atoms with Crippen molar-refractivity contribution in [1.82, 2.24) is 9.40 Å². The third-order valence-corrected chi connectivity index (χ3v) is 2.45. The van der Waals surface area contributed by atoms with E-state index < -0.39 is 0 Å². The lowest BCUT2D eigenvalue weighted by molar-refractivity contribution is 0.622. The van der Waals surface area contributed by atoms with Gasteiger partial charge in [0.15, 0.2) is 0 Å². The Kier molecular flexibility index (Phi) is 1.90. The number of nitrogens with zero attached hydrogens (tertiary/aromatic N) is 1. The summed E-state index contributed by atoms with van der Waals surface area (Å²) in [5, 5.41) is 3.21. The van der Waals surface area contributed by atoms with Crippen molar-refractivity contribution in [3.63, 3.8) is 0 Å². The van der Waals surface area contributed by atoms with Crippen LogP contribution in [-0.4, -0.2) is 10.6 Å². The van der Waals surface area contributed by atoms with E-state index in [0.717, 1.165) is 30.8 Å². The van der Waals surface area contributed by atoms with Crippen LogP contribution in [0.4, 0.5) is 0 Å². The van der Waals surface area contributed by atoms with Gasteiger partial charge in [-0.2, -0.15) is 0 Å². The highest BCUT2D eigenvalue weighted by Crippen LogP contribution is 2.11. The molecule has 0 unspecified atom stereocenters. The molecule has 0 radical (unpaired) electrons. The lowest BCUT2D eigenvalue weighted by Gasteiger charge is -2.17. The fourth-order valence-corrected chi connectivity index (χ4v) is 1.69. The van der Waals surface area contributed by atoms with Crippen LogP contribution in [0.25, 0.3) is 0 Å². The van der Waals surface area contributed by atoms with Crippen LogP contribution in [0, 0.1) is 0 Å². The van der Waals surface area contributed by atoms with Gasteiger partial charge in [-0.1, -0.05) is 6.07 Å². The zero-order valence-electron chi connectivity index (χ0n) is 6.51. The molecule has 1 aromatic heterocycles. The first-order valence-electron chi connectivity index (χ1n) is 3.90. The summed E-state index contributed by atoms with van der Waals surface area (Å²) in [7, 11) is 0. The minimum absolute atomic E-state index is 0.141. The second-order valence-electron chi connectivity index (χ2n) is 2.85. The number of hydrogen-bond acceptors (Lipinski definition) is 2. The molecule has 0 aromatic carbocycles. The molecular formula is C8H9ClN2O. The fourth-order valence-electron chi connectivity index (χ4n) is 1.44.